The molecule has 0 aromatic heterocycles. The Balaban J connectivity index is 1.75. The van der Waals surface area contributed by atoms with Gasteiger partial charge in [-0.1, -0.05) is 13.3 Å². The van der Waals surface area contributed by atoms with Crippen molar-refractivity contribution in [3.05, 3.63) is 0 Å². The van der Waals surface area contributed by atoms with Gasteiger partial charge in [0.2, 0.25) is 0 Å². The van der Waals surface area contributed by atoms with Gasteiger partial charge in [-0.2, -0.15) is 0 Å². The van der Waals surface area contributed by atoms with Crippen molar-refractivity contribution in [2.75, 3.05) is 26.7 Å². The zero-order valence-corrected chi connectivity index (χ0v) is 13.6. The lowest BCUT2D eigenvalue weighted by Crippen LogP contribution is -2.54. The zero-order chi connectivity index (χ0) is 14.4. The molecular formula is C17H34N2O. The molecule has 0 radical (unpaired) electrons. The molecule has 0 amide bonds. The fourth-order valence-corrected chi connectivity index (χ4v) is 4.03. The predicted octanol–water partition coefficient (Wildman–Crippen LogP) is 3.18. The van der Waals surface area contributed by atoms with E-state index in [4.69, 9.17) is 10.5 Å². The van der Waals surface area contributed by atoms with E-state index in [-0.39, 0.29) is 5.54 Å². The van der Waals surface area contributed by atoms with E-state index in [0.717, 1.165) is 19.1 Å². The molecule has 1 atom stereocenters. The number of rotatable bonds is 7. The highest BCUT2D eigenvalue weighted by atomic mass is 16.5. The fourth-order valence-electron chi connectivity index (χ4n) is 4.03. The van der Waals surface area contributed by atoms with Crippen molar-refractivity contribution in [2.24, 2.45) is 11.7 Å². The molecule has 2 rings (SSSR count). The first-order valence-corrected chi connectivity index (χ1v) is 8.73. The average molecular weight is 282 g/mol. The van der Waals surface area contributed by atoms with E-state index < -0.39 is 0 Å². The summed E-state index contributed by atoms with van der Waals surface area (Å²) in [5.74, 6) is 0.940. The van der Waals surface area contributed by atoms with Gasteiger partial charge in [-0.3, -0.25) is 4.90 Å². The predicted molar refractivity (Wildman–Crippen MR) is 84.9 cm³/mol. The van der Waals surface area contributed by atoms with Crippen molar-refractivity contribution >= 4 is 0 Å². The topological polar surface area (TPSA) is 38.5 Å². The van der Waals surface area contributed by atoms with Crippen LogP contribution in [0.5, 0.6) is 0 Å². The Morgan fingerprint density at radius 3 is 2.55 bits per heavy atom. The highest BCUT2D eigenvalue weighted by Crippen LogP contribution is 2.36. The Labute approximate surface area is 125 Å². The zero-order valence-electron chi connectivity index (χ0n) is 13.6. The summed E-state index contributed by atoms with van der Waals surface area (Å²) in [6.45, 7) is 5.30. The van der Waals surface area contributed by atoms with Gasteiger partial charge in [-0.15, -0.1) is 0 Å². The van der Waals surface area contributed by atoms with E-state index in [1.165, 1.54) is 64.3 Å². The lowest BCUT2D eigenvalue weighted by atomic mass is 9.74. The SMILES string of the molecule is CCC1CCC(CN)(N(C)CCCC2CCCO2)CC1. The summed E-state index contributed by atoms with van der Waals surface area (Å²) in [5, 5.41) is 0. The first-order chi connectivity index (χ1) is 9.70. The third-order valence-electron chi connectivity index (χ3n) is 5.85. The maximum Gasteiger partial charge on any atom is 0.0576 e. The van der Waals surface area contributed by atoms with E-state index in [0.29, 0.717) is 6.10 Å². The molecule has 2 aliphatic rings. The Morgan fingerprint density at radius 1 is 1.25 bits per heavy atom. The van der Waals surface area contributed by atoms with Crippen LogP contribution in [0, 0.1) is 5.92 Å². The van der Waals surface area contributed by atoms with E-state index in [1.54, 1.807) is 0 Å². The number of nitrogens with zero attached hydrogens (tertiary/aromatic N) is 1. The molecule has 0 bridgehead atoms. The maximum absolute atomic E-state index is 6.15. The molecule has 1 heterocycles. The number of ether oxygens (including phenoxy) is 1. The molecule has 20 heavy (non-hydrogen) atoms. The average Bonchev–Trinajstić information content (AvgIpc) is 3.00. The van der Waals surface area contributed by atoms with Crippen LogP contribution in [0.4, 0.5) is 0 Å². The quantitative estimate of drug-likeness (QED) is 0.779. The lowest BCUT2D eigenvalue weighted by Gasteiger charge is -2.46. The molecule has 118 valence electrons. The third kappa shape index (κ3) is 3.96. The van der Waals surface area contributed by atoms with Crippen LogP contribution in [0.3, 0.4) is 0 Å². The Morgan fingerprint density at radius 2 is 2.00 bits per heavy atom. The molecular weight excluding hydrogens is 248 g/mol. The Hall–Kier alpha value is -0.120. The van der Waals surface area contributed by atoms with Crippen molar-refractivity contribution in [3.8, 4) is 0 Å². The van der Waals surface area contributed by atoms with Gasteiger partial charge in [0.05, 0.1) is 6.10 Å². The molecule has 0 aromatic rings. The highest BCUT2D eigenvalue weighted by Gasteiger charge is 2.36. The van der Waals surface area contributed by atoms with Crippen molar-refractivity contribution in [2.45, 2.75) is 76.4 Å². The van der Waals surface area contributed by atoms with E-state index in [1.807, 2.05) is 0 Å². The Bertz CT molecular complexity index is 268. The van der Waals surface area contributed by atoms with Crippen LogP contribution < -0.4 is 5.73 Å². The van der Waals surface area contributed by atoms with Crippen LogP contribution in [0.15, 0.2) is 0 Å². The van der Waals surface area contributed by atoms with Crippen LogP contribution in [0.2, 0.25) is 0 Å². The largest absolute Gasteiger partial charge is 0.378 e. The van der Waals surface area contributed by atoms with Crippen LogP contribution in [0.25, 0.3) is 0 Å². The number of hydrogen-bond donors (Lipinski definition) is 1. The van der Waals surface area contributed by atoms with Gasteiger partial charge in [0.15, 0.2) is 0 Å². The van der Waals surface area contributed by atoms with Crippen LogP contribution in [-0.2, 0) is 4.74 Å². The van der Waals surface area contributed by atoms with Crippen LogP contribution >= 0.6 is 0 Å². The summed E-state index contributed by atoms with van der Waals surface area (Å²) >= 11 is 0. The highest BCUT2D eigenvalue weighted by molar-refractivity contribution is 4.94. The second kappa shape index (κ2) is 7.77. The van der Waals surface area contributed by atoms with Crippen molar-refractivity contribution < 1.29 is 4.74 Å². The minimum absolute atomic E-state index is 0.280. The molecule has 1 unspecified atom stereocenters. The molecule has 2 N–H and O–H groups in total. The van der Waals surface area contributed by atoms with Crippen LogP contribution in [0.1, 0.15) is 64.7 Å². The Kier molecular flexibility index (Phi) is 6.31. The van der Waals surface area contributed by atoms with E-state index >= 15 is 0 Å². The van der Waals surface area contributed by atoms with Crippen LogP contribution in [-0.4, -0.2) is 43.3 Å². The van der Waals surface area contributed by atoms with Gasteiger partial charge in [-0.05, 0) is 70.9 Å². The van der Waals surface area contributed by atoms with Crippen molar-refractivity contribution in [1.29, 1.82) is 0 Å². The molecule has 1 aliphatic carbocycles. The normalized spacial score (nSPS) is 34.8. The summed E-state index contributed by atoms with van der Waals surface area (Å²) in [4.78, 5) is 2.56. The smallest absolute Gasteiger partial charge is 0.0576 e. The lowest BCUT2D eigenvalue weighted by molar-refractivity contribution is 0.0544. The molecule has 1 saturated heterocycles. The van der Waals surface area contributed by atoms with Gasteiger partial charge < -0.3 is 10.5 Å². The summed E-state index contributed by atoms with van der Waals surface area (Å²) in [5.41, 5.74) is 6.43. The molecule has 2 fully saturated rings. The van der Waals surface area contributed by atoms with Crippen molar-refractivity contribution in [1.82, 2.24) is 4.90 Å². The number of nitrogens with two attached hydrogens (primary N) is 1. The summed E-state index contributed by atoms with van der Waals surface area (Å²) in [7, 11) is 2.29. The molecule has 0 spiro atoms. The summed E-state index contributed by atoms with van der Waals surface area (Å²) in [6.07, 6.45) is 12.2. The molecule has 3 heteroatoms. The minimum Gasteiger partial charge on any atom is -0.378 e. The first-order valence-electron chi connectivity index (χ1n) is 8.73. The van der Waals surface area contributed by atoms with Gasteiger partial charge in [0.25, 0.3) is 0 Å². The van der Waals surface area contributed by atoms with E-state index in [2.05, 4.69) is 18.9 Å². The standard InChI is InChI=1S/C17H34N2O/c1-3-15-8-10-17(14-18,11-9-15)19(2)12-4-6-16-7-5-13-20-16/h15-16H,3-14,18H2,1-2H3. The third-order valence-corrected chi connectivity index (χ3v) is 5.85. The number of hydrogen-bond acceptors (Lipinski definition) is 3. The molecule has 1 aliphatic heterocycles. The number of likely N-dealkylation sites (N-methyl/N-ethyl adjacent to an activating group) is 1. The molecule has 3 nitrogen and oxygen atoms in total. The summed E-state index contributed by atoms with van der Waals surface area (Å²) < 4.78 is 5.72. The maximum atomic E-state index is 6.15. The summed E-state index contributed by atoms with van der Waals surface area (Å²) in [6, 6.07) is 0. The van der Waals surface area contributed by atoms with Gasteiger partial charge in [0.1, 0.15) is 0 Å². The van der Waals surface area contributed by atoms with Gasteiger partial charge >= 0.3 is 0 Å². The van der Waals surface area contributed by atoms with Crippen molar-refractivity contribution in [3.63, 3.8) is 0 Å². The fraction of sp³-hybridized carbons (Fsp3) is 1.00. The van der Waals surface area contributed by atoms with Gasteiger partial charge in [-0.25, -0.2) is 0 Å². The second-order valence-corrected chi connectivity index (χ2v) is 6.98. The van der Waals surface area contributed by atoms with Gasteiger partial charge in [0, 0.05) is 18.7 Å². The van der Waals surface area contributed by atoms with E-state index in [9.17, 15) is 0 Å². The molecule has 0 aromatic carbocycles. The first kappa shape index (κ1) is 16.3. The second-order valence-electron chi connectivity index (χ2n) is 6.98. The molecule has 1 saturated carbocycles. The minimum atomic E-state index is 0.280. The monoisotopic (exact) mass is 282 g/mol.